The third kappa shape index (κ3) is 2.09. The molecule has 0 amide bonds. The fourth-order valence-corrected chi connectivity index (χ4v) is 3.40. The van der Waals surface area contributed by atoms with Gasteiger partial charge in [0, 0.05) is 17.2 Å². The lowest BCUT2D eigenvalue weighted by Crippen LogP contribution is -2.16. The van der Waals surface area contributed by atoms with Gasteiger partial charge in [-0.3, -0.25) is 5.10 Å². The molecule has 1 atom stereocenters. The Morgan fingerprint density at radius 3 is 2.60 bits per heavy atom. The van der Waals surface area contributed by atoms with E-state index in [0.29, 0.717) is 11.7 Å². The van der Waals surface area contributed by atoms with Crippen LogP contribution >= 0.6 is 0 Å². The first-order valence-electron chi connectivity index (χ1n) is 7.09. The van der Waals surface area contributed by atoms with E-state index in [1.54, 1.807) is 12.1 Å². The molecule has 1 fully saturated rings. The molecule has 0 saturated heterocycles. The summed E-state index contributed by atoms with van der Waals surface area (Å²) in [6, 6.07) is 6.46. The molecular formula is C16H20FN3. The molecule has 20 heavy (non-hydrogen) atoms. The Morgan fingerprint density at radius 2 is 2.00 bits per heavy atom. The summed E-state index contributed by atoms with van der Waals surface area (Å²) >= 11 is 0. The monoisotopic (exact) mass is 273 g/mol. The predicted molar refractivity (Wildman–Crippen MR) is 78.8 cm³/mol. The van der Waals surface area contributed by atoms with Gasteiger partial charge >= 0.3 is 0 Å². The standard InChI is InChI=1S/C16H20FN3/c1-16(2)9-3-4-12(16)14-13(15(18)20-19-14)10-5-7-11(17)8-6-10/h5-8,12H,3-4,9H2,1-2H3,(H3,18,19,20). The van der Waals surface area contributed by atoms with Gasteiger partial charge in [0.25, 0.3) is 0 Å². The molecule has 1 unspecified atom stereocenters. The minimum atomic E-state index is -0.237. The average Bonchev–Trinajstić information content (AvgIpc) is 2.93. The van der Waals surface area contributed by atoms with Gasteiger partial charge in [0.15, 0.2) is 5.82 Å². The van der Waals surface area contributed by atoms with E-state index in [0.717, 1.165) is 23.2 Å². The predicted octanol–water partition coefficient (Wildman–Crippen LogP) is 4.09. The zero-order chi connectivity index (χ0) is 14.3. The summed E-state index contributed by atoms with van der Waals surface area (Å²) in [5.41, 5.74) is 9.23. The molecular weight excluding hydrogens is 253 g/mol. The zero-order valence-corrected chi connectivity index (χ0v) is 11.9. The van der Waals surface area contributed by atoms with Crippen LogP contribution in [0.4, 0.5) is 10.2 Å². The first-order chi connectivity index (χ1) is 9.49. The van der Waals surface area contributed by atoms with Crippen molar-refractivity contribution in [3.63, 3.8) is 0 Å². The van der Waals surface area contributed by atoms with Gasteiger partial charge in [0.2, 0.25) is 0 Å². The van der Waals surface area contributed by atoms with Crippen molar-refractivity contribution < 1.29 is 4.39 Å². The van der Waals surface area contributed by atoms with E-state index >= 15 is 0 Å². The summed E-state index contributed by atoms with van der Waals surface area (Å²) in [5, 5.41) is 7.30. The molecule has 3 nitrogen and oxygen atoms in total. The van der Waals surface area contributed by atoms with E-state index in [9.17, 15) is 4.39 Å². The molecule has 1 aromatic carbocycles. The van der Waals surface area contributed by atoms with Gasteiger partial charge < -0.3 is 5.73 Å². The van der Waals surface area contributed by atoms with Crippen LogP contribution in [0.15, 0.2) is 24.3 Å². The molecule has 0 radical (unpaired) electrons. The van der Waals surface area contributed by atoms with Crippen molar-refractivity contribution in [2.75, 3.05) is 5.73 Å². The quantitative estimate of drug-likeness (QED) is 0.865. The van der Waals surface area contributed by atoms with Crippen LogP contribution in [0.1, 0.15) is 44.7 Å². The molecule has 2 aromatic rings. The summed E-state index contributed by atoms with van der Waals surface area (Å²) in [5.74, 6) is 0.681. The molecule has 106 valence electrons. The number of nitrogens with zero attached hydrogens (tertiary/aromatic N) is 1. The number of halogens is 1. The normalized spacial score (nSPS) is 21.2. The summed E-state index contributed by atoms with van der Waals surface area (Å²) in [4.78, 5) is 0. The van der Waals surface area contributed by atoms with E-state index < -0.39 is 0 Å². The number of aromatic amines is 1. The maximum Gasteiger partial charge on any atom is 0.153 e. The van der Waals surface area contributed by atoms with Crippen LogP contribution in [-0.2, 0) is 0 Å². The van der Waals surface area contributed by atoms with Crippen molar-refractivity contribution in [2.24, 2.45) is 5.41 Å². The average molecular weight is 273 g/mol. The highest BCUT2D eigenvalue weighted by molar-refractivity contribution is 5.76. The molecule has 1 saturated carbocycles. The summed E-state index contributed by atoms with van der Waals surface area (Å²) in [7, 11) is 0. The third-order valence-electron chi connectivity index (χ3n) is 4.56. The lowest BCUT2D eigenvalue weighted by atomic mass is 9.78. The number of nitrogen functional groups attached to an aromatic ring is 1. The lowest BCUT2D eigenvalue weighted by molar-refractivity contribution is 0.328. The first-order valence-corrected chi connectivity index (χ1v) is 7.09. The van der Waals surface area contributed by atoms with Crippen LogP contribution in [0.2, 0.25) is 0 Å². The molecule has 1 aliphatic carbocycles. The highest BCUT2D eigenvalue weighted by atomic mass is 19.1. The fraction of sp³-hybridized carbons (Fsp3) is 0.438. The Hall–Kier alpha value is -1.84. The number of nitrogens with two attached hydrogens (primary N) is 1. The van der Waals surface area contributed by atoms with Gasteiger partial charge in [-0.05, 0) is 36.0 Å². The van der Waals surface area contributed by atoms with Gasteiger partial charge in [0.1, 0.15) is 5.82 Å². The van der Waals surface area contributed by atoms with Crippen molar-refractivity contribution in [2.45, 2.75) is 39.0 Å². The molecule has 1 heterocycles. The fourth-order valence-electron chi connectivity index (χ4n) is 3.40. The molecule has 3 N–H and O–H groups in total. The SMILES string of the molecule is CC1(C)CCCC1c1[nH]nc(N)c1-c1ccc(F)cc1. The summed E-state index contributed by atoms with van der Waals surface area (Å²) in [6.07, 6.45) is 3.57. The van der Waals surface area contributed by atoms with Gasteiger partial charge in [-0.25, -0.2) is 4.39 Å². The van der Waals surface area contributed by atoms with Crippen molar-refractivity contribution >= 4 is 5.82 Å². The topological polar surface area (TPSA) is 54.7 Å². The number of nitrogens with one attached hydrogen (secondary N) is 1. The number of hydrogen-bond acceptors (Lipinski definition) is 2. The second kappa shape index (κ2) is 4.62. The van der Waals surface area contributed by atoms with Crippen LogP contribution in [0.3, 0.4) is 0 Å². The van der Waals surface area contributed by atoms with Crippen LogP contribution in [0.5, 0.6) is 0 Å². The number of rotatable bonds is 2. The number of hydrogen-bond donors (Lipinski definition) is 2. The van der Waals surface area contributed by atoms with Crippen molar-refractivity contribution in [3.05, 3.63) is 35.8 Å². The minimum absolute atomic E-state index is 0.237. The van der Waals surface area contributed by atoms with Crippen LogP contribution in [-0.4, -0.2) is 10.2 Å². The highest BCUT2D eigenvalue weighted by Gasteiger charge is 2.38. The number of anilines is 1. The van der Waals surface area contributed by atoms with Gasteiger partial charge in [-0.2, -0.15) is 5.10 Å². The van der Waals surface area contributed by atoms with Crippen LogP contribution in [0.25, 0.3) is 11.1 Å². The lowest BCUT2D eigenvalue weighted by Gasteiger charge is -2.27. The van der Waals surface area contributed by atoms with E-state index in [-0.39, 0.29) is 11.2 Å². The van der Waals surface area contributed by atoms with Gasteiger partial charge in [-0.15, -0.1) is 0 Å². The molecule has 0 spiro atoms. The van der Waals surface area contributed by atoms with E-state index in [2.05, 4.69) is 24.0 Å². The Bertz CT molecular complexity index is 613. The Kier molecular flexibility index (Phi) is 3.04. The van der Waals surface area contributed by atoms with E-state index in [4.69, 9.17) is 5.73 Å². The number of benzene rings is 1. The molecule has 1 aromatic heterocycles. The Balaban J connectivity index is 2.08. The number of H-pyrrole nitrogens is 1. The molecule has 3 rings (SSSR count). The third-order valence-corrected chi connectivity index (χ3v) is 4.56. The smallest absolute Gasteiger partial charge is 0.153 e. The molecule has 1 aliphatic rings. The van der Waals surface area contributed by atoms with E-state index in [1.165, 1.54) is 25.0 Å². The van der Waals surface area contributed by atoms with E-state index in [1.807, 2.05) is 0 Å². The second-order valence-electron chi connectivity index (χ2n) is 6.34. The molecule has 0 bridgehead atoms. The van der Waals surface area contributed by atoms with Crippen molar-refractivity contribution in [1.29, 1.82) is 0 Å². The summed E-state index contributed by atoms with van der Waals surface area (Å²) in [6.45, 7) is 4.58. The minimum Gasteiger partial charge on any atom is -0.382 e. The molecule has 4 heteroatoms. The maximum absolute atomic E-state index is 13.1. The van der Waals surface area contributed by atoms with Crippen LogP contribution < -0.4 is 5.73 Å². The summed E-state index contributed by atoms with van der Waals surface area (Å²) < 4.78 is 13.1. The number of aromatic nitrogens is 2. The van der Waals surface area contributed by atoms with Gasteiger partial charge in [-0.1, -0.05) is 32.4 Å². The van der Waals surface area contributed by atoms with Gasteiger partial charge in [0.05, 0.1) is 0 Å². The van der Waals surface area contributed by atoms with Crippen molar-refractivity contribution in [3.8, 4) is 11.1 Å². The Labute approximate surface area is 118 Å². The van der Waals surface area contributed by atoms with Crippen LogP contribution in [0, 0.1) is 11.2 Å². The largest absolute Gasteiger partial charge is 0.382 e. The second-order valence-corrected chi connectivity index (χ2v) is 6.34. The molecule has 0 aliphatic heterocycles. The Morgan fingerprint density at radius 1 is 1.30 bits per heavy atom. The highest BCUT2D eigenvalue weighted by Crippen LogP contribution is 2.51. The maximum atomic E-state index is 13.1. The van der Waals surface area contributed by atoms with Crippen molar-refractivity contribution in [1.82, 2.24) is 10.2 Å². The zero-order valence-electron chi connectivity index (χ0n) is 11.9. The first kappa shape index (κ1) is 13.2.